The number of amides is 1. The number of hydrogen-bond acceptors (Lipinski definition) is 2. The van der Waals surface area contributed by atoms with Gasteiger partial charge in [-0.1, -0.05) is 15.9 Å². The molecule has 0 radical (unpaired) electrons. The Bertz CT molecular complexity index is 508. The molecule has 0 bridgehead atoms. The number of nitrogens with one attached hydrogen (secondary N) is 1. The van der Waals surface area contributed by atoms with Crippen LogP contribution in [-0.2, 0) is 4.79 Å². The van der Waals surface area contributed by atoms with E-state index in [-0.39, 0.29) is 18.4 Å². The zero-order chi connectivity index (χ0) is 13.5. The second-order valence-corrected chi connectivity index (χ2v) is 4.69. The highest BCUT2D eigenvalue weighted by Gasteiger charge is 2.02. The van der Waals surface area contributed by atoms with Crippen LogP contribution in [0, 0.1) is 23.1 Å². The van der Waals surface area contributed by atoms with Gasteiger partial charge >= 0.3 is 0 Å². The quantitative estimate of drug-likeness (QED) is 0.869. The Morgan fingerprint density at radius 3 is 3.06 bits per heavy atom. The summed E-state index contributed by atoms with van der Waals surface area (Å²) in [5, 5.41) is 11.1. The summed E-state index contributed by atoms with van der Waals surface area (Å²) >= 11 is 3.23. The number of carbonyl (C=O) groups is 1. The molecule has 0 saturated carbocycles. The number of nitrogens with zero attached hydrogens (tertiary/aromatic N) is 1. The van der Waals surface area contributed by atoms with E-state index in [4.69, 9.17) is 5.26 Å². The summed E-state index contributed by atoms with van der Waals surface area (Å²) < 4.78 is 14.1. The van der Waals surface area contributed by atoms with Crippen LogP contribution in [0.2, 0.25) is 0 Å². The van der Waals surface area contributed by atoms with Gasteiger partial charge in [-0.05, 0) is 31.2 Å². The lowest BCUT2D eigenvalue weighted by atomic mass is 10.2. The van der Waals surface area contributed by atoms with Gasteiger partial charge in [-0.3, -0.25) is 4.79 Å². The molecule has 0 spiro atoms. The number of nitriles is 1. The SMILES string of the molecule is CC(C#N)CNC(=O)/C=C/c1cc(Br)ccc1F. The van der Waals surface area contributed by atoms with E-state index in [1.165, 1.54) is 18.2 Å². The molecule has 1 aromatic carbocycles. The van der Waals surface area contributed by atoms with Crippen molar-refractivity contribution < 1.29 is 9.18 Å². The molecule has 0 aromatic heterocycles. The van der Waals surface area contributed by atoms with E-state index < -0.39 is 5.82 Å². The predicted octanol–water partition coefficient (Wildman–Crippen LogP) is 2.88. The van der Waals surface area contributed by atoms with E-state index in [1.54, 1.807) is 19.1 Å². The van der Waals surface area contributed by atoms with Crippen LogP contribution in [0.3, 0.4) is 0 Å². The molecule has 18 heavy (non-hydrogen) atoms. The highest BCUT2D eigenvalue weighted by molar-refractivity contribution is 9.10. The number of carbonyl (C=O) groups excluding carboxylic acids is 1. The summed E-state index contributed by atoms with van der Waals surface area (Å²) in [6.45, 7) is 1.98. The van der Waals surface area contributed by atoms with Gasteiger partial charge in [0.25, 0.3) is 0 Å². The van der Waals surface area contributed by atoms with Crippen molar-refractivity contribution in [3.63, 3.8) is 0 Å². The summed E-state index contributed by atoms with van der Waals surface area (Å²) in [4.78, 5) is 11.4. The van der Waals surface area contributed by atoms with Gasteiger partial charge in [0.1, 0.15) is 5.82 Å². The largest absolute Gasteiger partial charge is 0.351 e. The van der Waals surface area contributed by atoms with Crippen LogP contribution < -0.4 is 5.32 Å². The molecule has 1 aromatic rings. The minimum Gasteiger partial charge on any atom is -0.351 e. The maximum atomic E-state index is 13.3. The van der Waals surface area contributed by atoms with Crippen LogP contribution in [0.5, 0.6) is 0 Å². The summed E-state index contributed by atoms with van der Waals surface area (Å²) in [5.74, 6) is -0.992. The Labute approximate surface area is 113 Å². The third kappa shape index (κ3) is 4.68. The summed E-state index contributed by atoms with van der Waals surface area (Å²) in [6, 6.07) is 6.49. The first-order valence-corrected chi connectivity index (χ1v) is 6.13. The van der Waals surface area contributed by atoms with E-state index in [0.717, 1.165) is 4.47 Å². The van der Waals surface area contributed by atoms with E-state index in [1.807, 2.05) is 6.07 Å². The molecule has 1 amide bonds. The van der Waals surface area contributed by atoms with Gasteiger partial charge in [0.05, 0.1) is 12.0 Å². The van der Waals surface area contributed by atoms with Crippen molar-refractivity contribution in [3.8, 4) is 6.07 Å². The molecule has 5 heteroatoms. The van der Waals surface area contributed by atoms with Gasteiger partial charge in [0, 0.05) is 22.7 Å². The van der Waals surface area contributed by atoms with Crippen molar-refractivity contribution in [2.75, 3.05) is 6.54 Å². The molecule has 1 N–H and O–H groups in total. The minimum atomic E-state index is -0.396. The van der Waals surface area contributed by atoms with Gasteiger partial charge in [-0.15, -0.1) is 0 Å². The van der Waals surface area contributed by atoms with Gasteiger partial charge in [0.15, 0.2) is 0 Å². The number of hydrogen-bond donors (Lipinski definition) is 1. The second-order valence-electron chi connectivity index (χ2n) is 3.77. The van der Waals surface area contributed by atoms with Crippen molar-refractivity contribution in [2.24, 2.45) is 5.92 Å². The van der Waals surface area contributed by atoms with E-state index in [2.05, 4.69) is 21.2 Å². The van der Waals surface area contributed by atoms with Crippen LogP contribution in [0.1, 0.15) is 12.5 Å². The molecule has 0 aliphatic heterocycles. The molecule has 3 nitrogen and oxygen atoms in total. The molecule has 0 aliphatic rings. The zero-order valence-corrected chi connectivity index (χ0v) is 11.4. The second kappa shape index (κ2) is 6.92. The van der Waals surface area contributed by atoms with Crippen molar-refractivity contribution in [3.05, 3.63) is 40.1 Å². The Hall–Kier alpha value is -1.67. The Morgan fingerprint density at radius 1 is 1.67 bits per heavy atom. The molecule has 1 unspecified atom stereocenters. The maximum Gasteiger partial charge on any atom is 0.244 e. The van der Waals surface area contributed by atoms with Crippen LogP contribution in [-0.4, -0.2) is 12.5 Å². The monoisotopic (exact) mass is 310 g/mol. The van der Waals surface area contributed by atoms with Gasteiger partial charge in [-0.2, -0.15) is 5.26 Å². The van der Waals surface area contributed by atoms with Crippen LogP contribution >= 0.6 is 15.9 Å². The summed E-state index contributed by atoms with van der Waals surface area (Å²) in [6.07, 6.45) is 2.64. The van der Waals surface area contributed by atoms with Crippen molar-refractivity contribution in [2.45, 2.75) is 6.92 Å². The van der Waals surface area contributed by atoms with Gasteiger partial charge in [-0.25, -0.2) is 4.39 Å². The summed E-state index contributed by atoms with van der Waals surface area (Å²) in [7, 11) is 0. The molecule has 0 aliphatic carbocycles. The number of halogens is 2. The topological polar surface area (TPSA) is 52.9 Å². The van der Waals surface area contributed by atoms with E-state index in [0.29, 0.717) is 5.56 Å². The fourth-order valence-corrected chi connectivity index (χ4v) is 1.54. The van der Waals surface area contributed by atoms with Crippen LogP contribution in [0.4, 0.5) is 4.39 Å². The molecular formula is C13H12BrFN2O. The molecule has 1 atom stereocenters. The lowest BCUT2D eigenvalue weighted by Gasteiger charge is -2.02. The van der Waals surface area contributed by atoms with Crippen LogP contribution in [0.15, 0.2) is 28.7 Å². The van der Waals surface area contributed by atoms with Gasteiger partial charge < -0.3 is 5.32 Å². The zero-order valence-electron chi connectivity index (χ0n) is 9.78. The first kappa shape index (κ1) is 14.4. The van der Waals surface area contributed by atoms with E-state index >= 15 is 0 Å². The maximum absolute atomic E-state index is 13.3. The lowest BCUT2D eigenvalue weighted by Crippen LogP contribution is -2.25. The third-order valence-corrected chi connectivity index (χ3v) is 2.67. The lowest BCUT2D eigenvalue weighted by molar-refractivity contribution is -0.116. The number of benzene rings is 1. The average Bonchev–Trinajstić information content (AvgIpc) is 2.36. The van der Waals surface area contributed by atoms with Crippen LogP contribution in [0.25, 0.3) is 6.08 Å². The minimum absolute atomic E-state index is 0.245. The molecule has 0 fully saturated rings. The molecular weight excluding hydrogens is 299 g/mol. The summed E-state index contributed by atoms with van der Waals surface area (Å²) in [5.41, 5.74) is 0.327. The molecule has 0 saturated heterocycles. The van der Waals surface area contributed by atoms with Crippen molar-refractivity contribution in [1.82, 2.24) is 5.32 Å². The third-order valence-electron chi connectivity index (χ3n) is 2.18. The predicted molar refractivity (Wildman–Crippen MR) is 70.9 cm³/mol. The first-order valence-electron chi connectivity index (χ1n) is 5.33. The smallest absolute Gasteiger partial charge is 0.244 e. The Balaban J connectivity index is 2.61. The molecule has 94 valence electrons. The normalized spacial score (nSPS) is 12.1. The van der Waals surface area contributed by atoms with Crippen molar-refractivity contribution >= 4 is 27.9 Å². The average molecular weight is 311 g/mol. The fourth-order valence-electron chi connectivity index (χ4n) is 1.17. The Morgan fingerprint density at radius 2 is 2.39 bits per heavy atom. The highest BCUT2D eigenvalue weighted by atomic mass is 79.9. The Kier molecular flexibility index (Phi) is 5.53. The van der Waals surface area contributed by atoms with Crippen molar-refractivity contribution in [1.29, 1.82) is 5.26 Å². The molecule has 1 rings (SSSR count). The molecule has 0 heterocycles. The first-order chi connectivity index (χ1) is 8.52. The number of rotatable bonds is 4. The van der Waals surface area contributed by atoms with Gasteiger partial charge in [0.2, 0.25) is 5.91 Å². The highest BCUT2D eigenvalue weighted by Crippen LogP contribution is 2.16. The standard InChI is InChI=1S/C13H12BrFN2O/c1-9(7-16)8-17-13(18)5-2-10-6-11(14)3-4-12(10)15/h2-6,9H,8H2,1H3,(H,17,18)/b5-2+. The van der Waals surface area contributed by atoms with E-state index in [9.17, 15) is 9.18 Å². The fraction of sp³-hybridized carbons (Fsp3) is 0.231.